The second kappa shape index (κ2) is 12.3. The van der Waals surface area contributed by atoms with E-state index in [4.69, 9.17) is 11.6 Å². The third-order valence-electron chi connectivity index (χ3n) is 8.04. The summed E-state index contributed by atoms with van der Waals surface area (Å²) in [6.07, 6.45) is 3.26. The molecule has 1 amide bonds. The Balaban J connectivity index is 1.55. The second-order valence-electron chi connectivity index (χ2n) is 11.2. The van der Waals surface area contributed by atoms with Gasteiger partial charge in [-0.3, -0.25) is 9.78 Å². The Kier molecular flexibility index (Phi) is 8.87. The number of hydrogen-bond donors (Lipinski definition) is 3. The first kappa shape index (κ1) is 31.0. The Morgan fingerprint density at radius 3 is 2.49 bits per heavy atom. The highest BCUT2D eigenvalue weighted by atomic mass is 35.5. The van der Waals surface area contributed by atoms with Crippen molar-refractivity contribution in [2.45, 2.75) is 68.1 Å². The molecule has 3 N–H and O–H groups in total. The van der Waals surface area contributed by atoms with Crippen molar-refractivity contribution in [1.82, 2.24) is 20.0 Å². The van der Waals surface area contributed by atoms with Crippen molar-refractivity contribution in [3.63, 3.8) is 0 Å². The third-order valence-corrected chi connectivity index (χ3v) is 10.1. The molecular weight excluding hydrogens is 601 g/mol. The van der Waals surface area contributed by atoms with Gasteiger partial charge in [0.2, 0.25) is 15.9 Å². The molecule has 0 bridgehead atoms. The monoisotopic (exact) mass is 632 g/mol. The minimum Gasteiger partial charge on any atom is -0.361 e. The summed E-state index contributed by atoms with van der Waals surface area (Å²) in [5, 5.41) is 3.46. The van der Waals surface area contributed by atoms with Crippen LogP contribution in [0.2, 0.25) is 5.02 Å². The van der Waals surface area contributed by atoms with Crippen molar-refractivity contribution >= 4 is 38.4 Å². The number of aromatic amines is 1. The van der Waals surface area contributed by atoms with Gasteiger partial charge >= 0.3 is 6.18 Å². The Morgan fingerprint density at radius 1 is 1.07 bits per heavy atom. The fraction of sp³-hybridized carbons (Fsp3) is 0.355. The molecule has 2 unspecified atom stereocenters. The highest BCUT2D eigenvalue weighted by Crippen LogP contribution is 2.36. The van der Waals surface area contributed by atoms with Crippen LogP contribution in [0.3, 0.4) is 0 Å². The topological polar surface area (TPSA) is 104 Å². The van der Waals surface area contributed by atoms with E-state index in [1.807, 2.05) is 36.4 Å². The van der Waals surface area contributed by atoms with Crippen LogP contribution in [0.25, 0.3) is 10.9 Å². The summed E-state index contributed by atoms with van der Waals surface area (Å²) in [6.45, 7) is 1.43. The van der Waals surface area contributed by atoms with Crippen LogP contribution in [0.4, 0.5) is 13.2 Å². The van der Waals surface area contributed by atoms with Crippen LogP contribution in [-0.4, -0.2) is 29.8 Å². The third kappa shape index (κ3) is 6.89. The standard InChI is InChI=1S/C31H32ClF3N4O3S/c1-30(18-21-19-37-25-12-6-5-11-23(21)25,39-43(41,42)27-17-22(31(33,34)35)14-15-24(27)32)29(40)38-28(20-9-3-2-4-10-20)26-13-7-8-16-36-26/h5-8,11-17,19-20,28,37,39H,2-4,9-10,18H2,1H3,(H,38,40). The molecule has 0 saturated heterocycles. The van der Waals surface area contributed by atoms with Crippen LogP contribution in [0.5, 0.6) is 0 Å². The largest absolute Gasteiger partial charge is 0.416 e. The predicted octanol–water partition coefficient (Wildman–Crippen LogP) is 6.95. The van der Waals surface area contributed by atoms with Gasteiger partial charge in [0.25, 0.3) is 0 Å². The van der Waals surface area contributed by atoms with Crippen LogP contribution in [0.1, 0.15) is 61.9 Å². The van der Waals surface area contributed by atoms with Crippen LogP contribution in [-0.2, 0) is 27.4 Å². The van der Waals surface area contributed by atoms with Gasteiger partial charge in [0.15, 0.2) is 0 Å². The molecule has 2 aromatic carbocycles. The lowest BCUT2D eigenvalue weighted by Crippen LogP contribution is -2.59. The van der Waals surface area contributed by atoms with Gasteiger partial charge in [-0.1, -0.05) is 55.1 Å². The molecule has 1 aliphatic carbocycles. The van der Waals surface area contributed by atoms with Crippen LogP contribution >= 0.6 is 11.6 Å². The number of aromatic nitrogens is 2. The van der Waals surface area contributed by atoms with Crippen molar-refractivity contribution < 1.29 is 26.4 Å². The molecule has 5 rings (SSSR count). The number of amides is 1. The summed E-state index contributed by atoms with van der Waals surface area (Å²) >= 11 is 6.13. The molecule has 12 heteroatoms. The van der Waals surface area contributed by atoms with E-state index in [9.17, 15) is 26.4 Å². The quantitative estimate of drug-likeness (QED) is 0.186. The number of nitrogens with zero attached hydrogens (tertiary/aromatic N) is 1. The summed E-state index contributed by atoms with van der Waals surface area (Å²) in [5.74, 6) is -0.551. The van der Waals surface area contributed by atoms with E-state index >= 15 is 0 Å². The molecule has 43 heavy (non-hydrogen) atoms. The molecule has 2 aromatic heterocycles. The Hall–Kier alpha value is -3.41. The molecule has 228 valence electrons. The zero-order chi connectivity index (χ0) is 30.8. The maximum absolute atomic E-state index is 14.3. The molecule has 2 heterocycles. The SMILES string of the molecule is CC(Cc1c[nH]c2ccccc12)(NS(=O)(=O)c1cc(C(F)(F)F)ccc1Cl)C(=O)NC(c1ccccn1)C1CCCCC1. The van der Waals surface area contributed by atoms with E-state index in [1.54, 1.807) is 18.5 Å². The first-order valence-corrected chi connectivity index (χ1v) is 15.9. The number of halogens is 4. The zero-order valence-electron chi connectivity index (χ0n) is 23.4. The minimum absolute atomic E-state index is 0.0828. The molecular formula is C31H32ClF3N4O3S. The van der Waals surface area contributed by atoms with E-state index < -0.39 is 49.2 Å². The molecule has 7 nitrogen and oxygen atoms in total. The lowest BCUT2D eigenvalue weighted by atomic mass is 9.82. The molecule has 1 saturated carbocycles. The number of benzene rings is 2. The van der Waals surface area contributed by atoms with Crippen LogP contribution in [0.15, 0.2) is 78.0 Å². The number of para-hydroxylation sites is 1. The summed E-state index contributed by atoms with van der Waals surface area (Å²) in [6, 6.07) is 14.4. The lowest BCUT2D eigenvalue weighted by Gasteiger charge is -2.35. The molecule has 0 spiro atoms. The van der Waals surface area contributed by atoms with Gasteiger partial charge in [-0.15, -0.1) is 0 Å². The van der Waals surface area contributed by atoms with Crippen molar-refractivity contribution in [2.75, 3.05) is 0 Å². The van der Waals surface area contributed by atoms with Crippen molar-refractivity contribution in [1.29, 1.82) is 0 Å². The normalized spacial score (nSPS) is 17.0. The van der Waals surface area contributed by atoms with Gasteiger partial charge in [-0.25, -0.2) is 8.42 Å². The maximum atomic E-state index is 14.3. The molecule has 2 atom stereocenters. The summed E-state index contributed by atoms with van der Waals surface area (Å²) in [4.78, 5) is 21.1. The fourth-order valence-electron chi connectivity index (χ4n) is 5.82. The van der Waals surface area contributed by atoms with E-state index in [-0.39, 0.29) is 12.3 Å². The van der Waals surface area contributed by atoms with Crippen molar-refractivity contribution in [2.24, 2.45) is 5.92 Å². The van der Waals surface area contributed by atoms with E-state index in [1.165, 1.54) is 6.92 Å². The summed E-state index contributed by atoms with van der Waals surface area (Å²) < 4.78 is 70.4. The highest BCUT2D eigenvalue weighted by molar-refractivity contribution is 7.89. The number of carbonyl (C=O) groups excluding carboxylic acids is 1. The van der Waals surface area contributed by atoms with Gasteiger partial charge in [0, 0.05) is 29.7 Å². The smallest absolute Gasteiger partial charge is 0.361 e. The number of nitrogens with one attached hydrogen (secondary N) is 3. The first-order valence-electron chi connectivity index (χ1n) is 14.0. The fourth-order valence-corrected chi connectivity index (χ4v) is 7.72. The summed E-state index contributed by atoms with van der Waals surface area (Å²) in [5.41, 5.74) is -0.910. The molecule has 0 radical (unpaired) electrons. The predicted molar refractivity (Wildman–Crippen MR) is 159 cm³/mol. The first-order chi connectivity index (χ1) is 20.4. The Morgan fingerprint density at radius 2 is 1.79 bits per heavy atom. The highest BCUT2D eigenvalue weighted by Gasteiger charge is 2.42. The minimum atomic E-state index is -4.80. The van der Waals surface area contributed by atoms with E-state index in [2.05, 4.69) is 20.0 Å². The molecule has 4 aromatic rings. The van der Waals surface area contributed by atoms with Crippen molar-refractivity contribution in [3.8, 4) is 0 Å². The number of carbonyl (C=O) groups is 1. The van der Waals surface area contributed by atoms with E-state index in [0.29, 0.717) is 23.4 Å². The number of pyridine rings is 1. The number of hydrogen-bond acceptors (Lipinski definition) is 4. The van der Waals surface area contributed by atoms with Gasteiger partial charge < -0.3 is 10.3 Å². The average Bonchev–Trinajstić information content (AvgIpc) is 3.38. The zero-order valence-corrected chi connectivity index (χ0v) is 25.0. The number of rotatable bonds is 9. The van der Waals surface area contributed by atoms with Gasteiger partial charge in [0.05, 0.1) is 22.3 Å². The number of fused-ring (bicyclic) bond motifs is 1. The number of sulfonamides is 1. The molecule has 0 aliphatic heterocycles. The van der Waals surface area contributed by atoms with Gasteiger partial charge in [-0.05, 0) is 67.6 Å². The lowest BCUT2D eigenvalue weighted by molar-refractivity contribution is -0.137. The Labute approximate surface area is 253 Å². The van der Waals surface area contributed by atoms with Crippen molar-refractivity contribution in [3.05, 3.63) is 94.9 Å². The van der Waals surface area contributed by atoms with Gasteiger partial charge in [-0.2, -0.15) is 17.9 Å². The van der Waals surface area contributed by atoms with Gasteiger partial charge in [0.1, 0.15) is 10.4 Å². The number of alkyl halides is 3. The van der Waals surface area contributed by atoms with E-state index in [0.717, 1.165) is 49.1 Å². The molecule has 1 fully saturated rings. The van der Waals surface area contributed by atoms with Crippen LogP contribution < -0.4 is 10.0 Å². The molecule has 1 aliphatic rings. The van der Waals surface area contributed by atoms with Crippen LogP contribution in [0, 0.1) is 5.92 Å². The Bertz CT molecular complexity index is 1710. The second-order valence-corrected chi connectivity index (χ2v) is 13.3. The number of H-pyrrole nitrogens is 1. The average molecular weight is 633 g/mol. The summed E-state index contributed by atoms with van der Waals surface area (Å²) in [7, 11) is -4.73. The maximum Gasteiger partial charge on any atom is 0.416 e.